The van der Waals surface area contributed by atoms with Crippen LogP contribution in [0.5, 0.6) is 5.75 Å². The molecular weight excluding hydrogens is 430 g/mol. The van der Waals surface area contributed by atoms with E-state index in [1.54, 1.807) is 11.3 Å². The van der Waals surface area contributed by atoms with Crippen molar-refractivity contribution in [3.05, 3.63) is 64.5 Å². The molecule has 0 radical (unpaired) electrons. The molecule has 1 aliphatic carbocycles. The van der Waals surface area contributed by atoms with Gasteiger partial charge in [0.15, 0.2) is 6.61 Å². The first-order valence-electron chi connectivity index (χ1n) is 9.91. The van der Waals surface area contributed by atoms with Gasteiger partial charge in [-0.3, -0.25) is 9.59 Å². The second-order valence-corrected chi connectivity index (χ2v) is 9.41. The Balaban J connectivity index is 1.23. The molecule has 0 aliphatic heterocycles. The standard InChI is InChI=1S/C23H19N3O3S2/c24-21(28)20-15-4-3-7-17(15)30-23(20)26-19(27)12-29-14-10-8-13(9-11-14)22-25-16-5-1-2-6-18(16)31-22/h1-2,5-6,8-11H,3-4,7,12H2,(H2,24,28)(H,26,27). The molecule has 31 heavy (non-hydrogen) atoms. The van der Waals surface area contributed by atoms with Crippen molar-refractivity contribution in [2.45, 2.75) is 19.3 Å². The molecule has 3 N–H and O–H groups in total. The van der Waals surface area contributed by atoms with Gasteiger partial charge in [0.2, 0.25) is 0 Å². The largest absolute Gasteiger partial charge is 0.484 e. The third-order valence-corrected chi connectivity index (χ3v) is 7.48. The number of benzene rings is 2. The van der Waals surface area contributed by atoms with Gasteiger partial charge >= 0.3 is 0 Å². The summed E-state index contributed by atoms with van der Waals surface area (Å²) in [5.41, 5.74) is 8.95. The second kappa shape index (κ2) is 8.13. The lowest BCUT2D eigenvalue weighted by molar-refractivity contribution is -0.118. The summed E-state index contributed by atoms with van der Waals surface area (Å²) in [5, 5.41) is 4.25. The van der Waals surface area contributed by atoms with Crippen molar-refractivity contribution < 1.29 is 14.3 Å². The van der Waals surface area contributed by atoms with Gasteiger partial charge in [0.05, 0.1) is 15.8 Å². The van der Waals surface area contributed by atoms with E-state index in [4.69, 9.17) is 10.5 Å². The smallest absolute Gasteiger partial charge is 0.262 e. The molecular formula is C23H19N3O3S2. The molecule has 1 aliphatic rings. The number of hydrogen-bond donors (Lipinski definition) is 2. The maximum atomic E-state index is 12.4. The summed E-state index contributed by atoms with van der Waals surface area (Å²) in [5.74, 6) is -0.234. The fourth-order valence-corrected chi connectivity index (χ4v) is 6.04. The summed E-state index contributed by atoms with van der Waals surface area (Å²) in [7, 11) is 0. The number of ether oxygens (including phenoxy) is 1. The van der Waals surface area contributed by atoms with Crippen LogP contribution >= 0.6 is 22.7 Å². The number of hydrogen-bond acceptors (Lipinski definition) is 6. The molecule has 156 valence electrons. The van der Waals surface area contributed by atoms with Crippen molar-refractivity contribution in [2.24, 2.45) is 5.73 Å². The van der Waals surface area contributed by atoms with Crippen LogP contribution in [0.25, 0.3) is 20.8 Å². The molecule has 2 heterocycles. The Bertz CT molecular complexity index is 1260. The lowest BCUT2D eigenvalue weighted by atomic mass is 10.1. The lowest BCUT2D eigenvalue weighted by Crippen LogP contribution is -2.22. The molecule has 0 unspecified atom stereocenters. The summed E-state index contributed by atoms with van der Waals surface area (Å²) in [6.07, 6.45) is 2.77. The van der Waals surface area contributed by atoms with Crippen molar-refractivity contribution >= 4 is 49.7 Å². The van der Waals surface area contributed by atoms with E-state index < -0.39 is 5.91 Å². The number of para-hydroxylation sites is 1. The highest BCUT2D eigenvalue weighted by atomic mass is 32.1. The van der Waals surface area contributed by atoms with Crippen LogP contribution in [0.4, 0.5) is 5.00 Å². The Labute approximate surface area is 186 Å². The zero-order valence-electron chi connectivity index (χ0n) is 16.5. The molecule has 0 spiro atoms. The van der Waals surface area contributed by atoms with Crippen LogP contribution in [0.3, 0.4) is 0 Å². The van der Waals surface area contributed by atoms with E-state index in [0.717, 1.165) is 50.5 Å². The average Bonchev–Trinajstić information content (AvgIpc) is 3.46. The molecule has 0 saturated carbocycles. The number of carbonyl (C=O) groups excluding carboxylic acids is 2. The summed E-state index contributed by atoms with van der Waals surface area (Å²) in [6.45, 7) is -0.152. The number of amides is 2. The number of nitrogens with one attached hydrogen (secondary N) is 1. The van der Waals surface area contributed by atoms with Crippen LogP contribution in [-0.2, 0) is 17.6 Å². The topological polar surface area (TPSA) is 94.3 Å². The molecule has 5 rings (SSSR count). The van der Waals surface area contributed by atoms with E-state index in [9.17, 15) is 9.59 Å². The van der Waals surface area contributed by atoms with Crippen molar-refractivity contribution in [1.29, 1.82) is 0 Å². The maximum Gasteiger partial charge on any atom is 0.262 e. The number of fused-ring (bicyclic) bond motifs is 2. The van der Waals surface area contributed by atoms with E-state index in [1.807, 2.05) is 42.5 Å². The number of primary amides is 1. The molecule has 2 amide bonds. The monoisotopic (exact) mass is 449 g/mol. The van der Waals surface area contributed by atoms with Gasteiger partial charge < -0.3 is 15.8 Å². The van der Waals surface area contributed by atoms with Gasteiger partial charge in [-0.15, -0.1) is 22.7 Å². The predicted octanol–water partition coefficient (Wildman–Crippen LogP) is 4.63. The van der Waals surface area contributed by atoms with Gasteiger partial charge in [-0.25, -0.2) is 4.98 Å². The number of thiazole rings is 1. The van der Waals surface area contributed by atoms with Crippen LogP contribution in [0.15, 0.2) is 48.5 Å². The van der Waals surface area contributed by atoms with Crippen LogP contribution < -0.4 is 15.8 Å². The summed E-state index contributed by atoms with van der Waals surface area (Å²) in [6, 6.07) is 15.5. The normalized spacial score (nSPS) is 12.6. The Morgan fingerprint density at radius 2 is 1.87 bits per heavy atom. The van der Waals surface area contributed by atoms with Crippen molar-refractivity contribution in [1.82, 2.24) is 4.98 Å². The minimum Gasteiger partial charge on any atom is -0.484 e. The maximum absolute atomic E-state index is 12.4. The van der Waals surface area contributed by atoms with Crippen molar-refractivity contribution in [3.63, 3.8) is 0 Å². The SMILES string of the molecule is NC(=O)c1c(NC(=O)COc2ccc(-c3nc4ccccc4s3)cc2)sc2c1CCC2. The Kier molecular flexibility index (Phi) is 5.17. The van der Waals surface area contributed by atoms with Gasteiger partial charge in [0.1, 0.15) is 15.8 Å². The molecule has 0 bridgehead atoms. The summed E-state index contributed by atoms with van der Waals surface area (Å²) < 4.78 is 6.77. The number of rotatable bonds is 6. The van der Waals surface area contributed by atoms with E-state index in [0.29, 0.717) is 16.3 Å². The Morgan fingerprint density at radius 3 is 2.65 bits per heavy atom. The van der Waals surface area contributed by atoms with E-state index >= 15 is 0 Å². The van der Waals surface area contributed by atoms with Crippen molar-refractivity contribution in [3.8, 4) is 16.3 Å². The number of nitrogens with two attached hydrogens (primary N) is 1. The fraction of sp³-hybridized carbons (Fsp3) is 0.174. The van der Waals surface area contributed by atoms with E-state index in [-0.39, 0.29) is 12.5 Å². The third-order valence-electron chi connectivity index (χ3n) is 5.19. The average molecular weight is 450 g/mol. The van der Waals surface area contributed by atoms with Crippen LogP contribution in [0.1, 0.15) is 27.2 Å². The molecule has 0 fully saturated rings. The first-order valence-corrected chi connectivity index (χ1v) is 11.5. The number of thiophene rings is 1. The van der Waals surface area contributed by atoms with Gasteiger partial charge in [-0.1, -0.05) is 12.1 Å². The van der Waals surface area contributed by atoms with Gasteiger partial charge in [-0.2, -0.15) is 0 Å². The highest BCUT2D eigenvalue weighted by Crippen LogP contribution is 2.38. The molecule has 8 heteroatoms. The zero-order chi connectivity index (χ0) is 21.4. The number of carbonyl (C=O) groups is 2. The fourth-order valence-electron chi connectivity index (χ4n) is 3.75. The van der Waals surface area contributed by atoms with E-state index in [2.05, 4.69) is 16.4 Å². The van der Waals surface area contributed by atoms with Crippen molar-refractivity contribution in [2.75, 3.05) is 11.9 Å². The molecule has 4 aromatic rings. The Hall–Kier alpha value is -3.23. The first-order chi connectivity index (χ1) is 15.1. The highest BCUT2D eigenvalue weighted by molar-refractivity contribution is 7.21. The molecule has 2 aromatic heterocycles. The molecule has 0 atom stereocenters. The minimum absolute atomic E-state index is 0.152. The van der Waals surface area contributed by atoms with Gasteiger partial charge in [0.25, 0.3) is 11.8 Å². The lowest BCUT2D eigenvalue weighted by Gasteiger charge is -2.08. The van der Waals surface area contributed by atoms with Crippen LogP contribution in [-0.4, -0.2) is 23.4 Å². The quantitative estimate of drug-likeness (QED) is 0.449. The van der Waals surface area contributed by atoms with Crippen LogP contribution in [0.2, 0.25) is 0 Å². The predicted molar refractivity (Wildman–Crippen MR) is 124 cm³/mol. The first kappa shape index (κ1) is 19.7. The highest BCUT2D eigenvalue weighted by Gasteiger charge is 2.26. The Morgan fingerprint density at radius 1 is 1.06 bits per heavy atom. The number of aryl methyl sites for hydroxylation is 1. The van der Waals surface area contributed by atoms with E-state index in [1.165, 1.54) is 11.3 Å². The number of nitrogens with zero attached hydrogens (tertiary/aromatic N) is 1. The number of anilines is 1. The zero-order valence-corrected chi connectivity index (χ0v) is 18.1. The van der Waals surface area contributed by atoms with Gasteiger partial charge in [-0.05, 0) is 61.2 Å². The third kappa shape index (κ3) is 3.92. The minimum atomic E-state index is -0.499. The second-order valence-electron chi connectivity index (χ2n) is 7.27. The molecule has 2 aromatic carbocycles. The molecule has 0 saturated heterocycles. The van der Waals surface area contributed by atoms with Gasteiger partial charge in [0, 0.05) is 10.4 Å². The van der Waals surface area contributed by atoms with Crippen LogP contribution in [0, 0.1) is 0 Å². The summed E-state index contributed by atoms with van der Waals surface area (Å²) in [4.78, 5) is 30.0. The number of aromatic nitrogens is 1. The summed E-state index contributed by atoms with van der Waals surface area (Å²) >= 11 is 3.07. The molecule has 6 nitrogen and oxygen atoms in total.